The Morgan fingerprint density at radius 2 is 2.40 bits per heavy atom. The number of hydrogen-bond acceptors (Lipinski definition) is 1. The summed E-state index contributed by atoms with van der Waals surface area (Å²) >= 11 is 0. The SMILES string of the molecule is C#CC1(CCCC)CCO1. The Balaban J connectivity index is 2.29. The average Bonchev–Trinajstić information content (AvgIpc) is 1.87. The molecule has 0 aromatic heterocycles. The van der Waals surface area contributed by atoms with Gasteiger partial charge < -0.3 is 4.74 Å². The minimum absolute atomic E-state index is 0.157. The first kappa shape index (κ1) is 7.63. The van der Waals surface area contributed by atoms with E-state index in [1.54, 1.807) is 0 Å². The van der Waals surface area contributed by atoms with Gasteiger partial charge in [0.15, 0.2) is 0 Å². The molecule has 0 saturated carbocycles. The molecule has 1 saturated heterocycles. The van der Waals surface area contributed by atoms with Crippen LogP contribution in [0, 0.1) is 12.3 Å². The maximum absolute atomic E-state index is 5.33. The summed E-state index contributed by atoms with van der Waals surface area (Å²) in [6, 6.07) is 0. The minimum Gasteiger partial charge on any atom is -0.362 e. The highest BCUT2D eigenvalue weighted by molar-refractivity contribution is 5.12. The fourth-order valence-corrected chi connectivity index (χ4v) is 1.19. The van der Waals surface area contributed by atoms with Crippen molar-refractivity contribution in [2.75, 3.05) is 6.61 Å². The largest absolute Gasteiger partial charge is 0.362 e. The molecule has 0 radical (unpaired) electrons. The lowest BCUT2D eigenvalue weighted by Gasteiger charge is -2.37. The molecule has 1 rings (SSSR count). The topological polar surface area (TPSA) is 9.23 Å². The third-order valence-corrected chi connectivity index (χ3v) is 2.08. The zero-order valence-corrected chi connectivity index (χ0v) is 6.52. The number of ether oxygens (including phenoxy) is 1. The maximum atomic E-state index is 5.33. The van der Waals surface area contributed by atoms with Crippen LogP contribution in [0.25, 0.3) is 0 Å². The van der Waals surface area contributed by atoms with Gasteiger partial charge in [-0.15, -0.1) is 6.42 Å². The maximum Gasteiger partial charge on any atom is 0.130 e. The standard InChI is InChI=1S/C9H14O/c1-3-5-6-9(4-2)7-8-10-9/h2H,3,5-8H2,1H3. The molecule has 10 heavy (non-hydrogen) atoms. The van der Waals surface area contributed by atoms with E-state index in [4.69, 9.17) is 11.2 Å². The van der Waals surface area contributed by atoms with Crippen LogP contribution < -0.4 is 0 Å². The van der Waals surface area contributed by atoms with Gasteiger partial charge in [0.25, 0.3) is 0 Å². The zero-order valence-electron chi connectivity index (χ0n) is 6.52. The van der Waals surface area contributed by atoms with Crippen LogP contribution in [0.2, 0.25) is 0 Å². The lowest BCUT2D eigenvalue weighted by molar-refractivity contribution is -0.110. The second-order valence-corrected chi connectivity index (χ2v) is 2.84. The second kappa shape index (κ2) is 3.07. The van der Waals surface area contributed by atoms with Crippen LogP contribution in [-0.4, -0.2) is 12.2 Å². The fourth-order valence-electron chi connectivity index (χ4n) is 1.19. The Kier molecular flexibility index (Phi) is 2.34. The van der Waals surface area contributed by atoms with Gasteiger partial charge in [-0.05, 0) is 12.8 Å². The molecule has 56 valence electrons. The van der Waals surface area contributed by atoms with Gasteiger partial charge in [-0.3, -0.25) is 0 Å². The van der Waals surface area contributed by atoms with Crippen molar-refractivity contribution in [3.05, 3.63) is 0 Å². The van der Waals surface area contributed by atoms with Crippen LogP contribution in [-0.2, 0) is 4.74 Å². The highest BCUT2D eigenvalue weighted by Gasteiger charge is 2.35. The van der Waals surface area contributed by atoms with Crippen molar-refractivity contribution >= 4 is 0 Å². The summed E-state index contributed by atoms with van der Waals surface area (Å²) < 4.78 is 5.33. The van der Waals surface area contributed by atoms with E-state index in [0.29, 0.717) is 0 Å². The molecule has 1 atom stereocenters. The Labute approximate surface area is 62.8 Å². The first-order valence-electron chi connectivity index (χ1n) is 3.95. The van der Waals surface area contributed by atoms with Gasteiger partial charge in [0, 0.05) is 6.42 Å². The molecule has 0 aromatic carbocycles. The van der Waals surface area contributed by atoms with Crippen LogP contribution >= 0.6 is 0 Å². The summed E-state index contributed by atoms with van der Waals surface area (Å²) in [5.74, 6) is 2.73. The second-order valence-electron chi connectivity index (χ2n) is 2.84. The molecule has 0 amide bonds. The molecular formula is C9H14O. The summed E-state index contributed by atoms with van der Waals surface area (Å²) in [7, 11) is 0. The first-order valence-corrected chi connectivity index (χ1v) is 3.95. The van der Waals surface area contributed by atoms with E-state index in [1.807, 2.05) is 0 Å². The highest BCUT2D eigenvalue weighted by Crippen LogP contribution is 2.30. The van der Waals surface area contributed by atoms with Crippen molar-refractivity contribution < 1.29 is 4.74 Å². The molecule has 1 heterocycles. The number of unbranched alkanes of at least 4 members (excludes halogenated alkanes) is 1. The minimum atomic E-state index is -0.157. The quantitative estimate of drug-likeness (QED) is 0.542. The number of terminal acetylenes is 1. The lowest BCUT2D eigenvalue weighted by Crippen LogP contribution is -2.42. The Bertz CT molecular complexity index is 139. The predicted molar refractivity (Wildman–Crippen MR) is 41.7 cm³/mol. The van der Waals surface area contributed by atoms with Crippen LogP contribution in [0.3, 0.4) is 0 Å². The highest BCUT2D eigenvalue weighted by atomic mass is 16.5. The summed E-state index contributed by atoms with van der Waals surface area (Å²) in [6.07, 6.45) is 9.82. The summed E-state index contributed by atoms with van der Waals surface area (Å²) in [5.41, 5.74) is -0.157. The van der Waals surface area contributed by atoms with Crippen LogP contribution in [0.5, 0.6) is 0 Å². The van der Waals surface area contributed by atoms with E-state index in [-0.39, 0.29) is 5.60 Å². The van der Waals surface area contributed by atoms with Gasteiger partial charge in [-0.25, -0.2) is 0 Å². The predicted octanol–water partition coefficient (Wildman–Crippen LogP) is 1.97. The molecule has 0 aliphatic carbocycles. The normalized spacial score (nSPS) is 30.8. The van der Waals surface area contributed by atoms with Crippen molar-refractivity contribution in [3.8, 4) is 12.3 Å². The summed E-state index contributed by atoms with van der Waals surface area (Å²) in [5, 5.41) is 0. The molecule has 0 aromatic rings. The molecule has 1 fully saturated rings. The van der Waals surface area contributed by atoms with Crippen molar-refractivity contribution in [3.63, 3.8) is 0 Å². The molecule has 1 aliphatic rings. The Morgan fingerprint density at radius 1 is 1.70 bits per heavy atom. The van der Waals surface area contributed by atoms with E-state index in [2.05, 4.69) is 12.8 Å². The van der Waals surface area contributed by atoms with E-state index in [0.717, 1.165) is 19.4 Å². The van der Waals surface area contributed by atoms with E-state index < -0.39 is 0 Å². The molecule has 0 spiro atoms. The Hall–Kier alpha value is -0.480. The van der Waals surface area contributed by atoms with E-state index in [1.165, 1.54) is 12.8 Å². The zero-order chi connectivity index (χ0) is 7.45. The van der Waals surface area contributed by atoms with E-state index >= 15 is 0 Å². The third-order valence-electron chi connectivity index (χ3n) is 2.08. The molecule has 0 bridgehead atoms. The van der Waals surface area contributed by atoms with Gasteiger partial charge in [-0.2, -0.15) is 0 Å². The van der Waals surface area contributed by atoms with Crippen molar-refractivity contribution in [1.29, 1.82) is 0 Å². The summed E-state index contributed by atoms with van der Waals surface area (Å²) in [4.78, 5) is 0. The molecular weight excluding hydrogens is 124 g/mol. The van der Waals surface area contributed by atoms with Crippen LogP contribution in [0.4, 0.5) is 0 Å². The average molecular weight is 138 g/mol. The summed E-state index contributed by atoms with van der Waals surface area (Å²) in [6.45, 7) is 3.02. The van der Waals surface area contributed by atoms with E-state index in [9.17, 15) is 0 Å². The van der Waals surface area contributed by atoms with Gasteiger partial charge in [-0.1, -0.05) is 19.3 Å². The van der Waals surface area contributed by atoms with Crippen molar-refractivity contribution in [2.45, 2.75) is 38.2 Å². The fraction of sp³-hybridized carbons (Fsp3) is 0.778. The van der Waals surface area contributed by atoms with Gasteiger partial charge in [0.2, 0.25) is 0 Å². The first-order chi connectivity index (χ1) is 4.83. The Morgan fingerprint density at radius 3 is 2.70 bits per heavy atom. The van der Waals surface area contributed by atoms with Crippen molar-refractivity contribution in [1.82, 2.24) is 0 Å². The number of rotatable bonds is 3. The smallest absolute Gasteiger partial charge is 0.130 e. The monoisotopic (exact) mass is 138 g/mol. The van der Waals surface area contributed by atoms with Crippen LogP contribution in [0.1, 0.15) is 32.6 Å². The third kappa shape index (κ3) is 1.33. The molecule has 1 heteroatoms. The molecule has 0 N–H and O–H groups in total. The van der Waals surface area contributed by atoms with Crippen LogP contribution in [0.15, 0.2) is 0 Å². The molecule has 1 aliphatic heterocycles. The lowest BCUT2D eigenvalue weighted by atomic mass is 9.90. The molecule has 1 nitrogen and oxygen atoms in total. The van der Waals surface area contributed by atoms with Gasteiger partial charge >= 0.3 is 0 Å². The van der Waals surface area contributed by atoms with Gasteiger partial charge in [0.05, 0.1) is 6.61 Å². The van der Waals surface area contributed by atoms with Crippen molar-refractivity contribution in [2.24, 2.45) is 0 Å². The molecule has 1 unspecified atom stereocenters. The number of hydrogen-bond donors (Lipinski definition) is 0. The van der Waals surface area contributed by atoms with Gasteiger partial charge in [0.1, 0.15) is 5.60 Å².